The van der Waals surface area contributed by atoms with Gasteiger partial charge in [-0.3, -0.25) is 29.8 Å². The summed E-state index contributed by atoms with van der Waals surface area (Å²) in [5.74, 6) is -1.89. The minimum atomic E-state index is -4.29. The lowest BCUT2D eigenvalue weighted by molar-refractivity contribution is -0.384. The fourth-order valence-corrected chi connectivity index (χ4v) is 3.51. The molecular formula is C18H19N5O9S. The van der Waals surface area contributed by atoms with Gasteiger partial charge in [0.05, 0.1) is 14.7 Å². The molecule has 2 N–H and O–H groups in total. The van der Waals surface area contributed by atoms with Crippen LogP contribution in [0.1, 0.15) is 0 Å². The van der Waals surface area contributed by atoms with E-state index in [-0.39, 0.29) is 17.1 Å². The van der Waals surface area contributed by atoms with Gasteiger partial charge in [-0.25, -0.2) is 8.42 Å². The van der Waals surface area contributed by atoms with Crippen molar-refractivity contribution >= 4 is 44.6 Å². The second kappa shape index (κ2) is 10.5. The van der Waals surface area contributed by atoms with Crippen molar-refractivity contribution in [1.82, 2.24) is 4.72 Å². The van der Waals surface area contributed by atoms with Gasteiger partial charge >= 0.3 is 5.97 Å². The van der Waals surface area contributed by atoms with E-state index in [1.54, 1.807) is 14.1 Å². The first kappa shape index (κ1) is 25.2. The summed E-state index contributed by atoms with van der Waals surface area (Å²) in [6.07, 6.45) is 0. The van der Waals surface area contributed by atoms with Gasteiger partial charge in [0.1, 0.15) is 12.2 Å². The van der Waals surface area contributed by atoms with Crippen molar-refractivity contribution < 1.29 is 32.6 Å². The Morgan fingerprint density at radius 1 is 1.06 bits per heavy atom. The molecule has 2 aromatic rings. The Bertz CT molecular complexity index is 1200. The van der Waals surface area contributed by atoms with Gasteiger partial charge in [-0.05, 0) is 18.2 Å². The van der Waals surface area contributed by atoms with Crippen LogP contribution in [-0.4, -0.2) is 57.4 Å². The summed E-state index contributed by atoms with van der Waals surface area (Å²) in [5, 5.41) is 24.3. The van der Waals surface area contributed by atoms with Crippen molar-refractivity contribution in [1.29, 1.82) is 0 Å². The average molecular weight is 481 g/mol. The molecule has 0 saturated carbocycles. The van der Waals surface area contributed by atoms with Crippen LogP contribution in [-0.2, 0) is 24.3 Å². The topological polar surface area (TPSA) is 191 Å². The second-order valence-electron chi connectivity index (χ2n) is 6.64. The first-order valence-corrected chi connectivity index (χ1v) is 10.5. The number of nitrogens with one attached hydrogen (secondary N) is 2. The number of carbonyl (C=O) groups excluding carboxylic acids is 2. The highest BCUT2D eigenvalue weighted by Crippen LogP contribution is 2.29. The van der Waals surface area contributed by atoms with Crippen LogP contribution in [0.2, 0.25) is 0 Å². The molecule has 15 heteroatoms. The number of benzene rings is 2. The third-order valence-corrected chi connectivity index (χ3v) is 5.45. The summed E-state index contributed by atoms with van der Waals surface area (Å²) in [5.41, 5.74) is -0.400. The summed E-state index contributed by atoms with van der Waals surface area (Å²) in [7, 11) is -1.18. The van der Waals surface area contributed by atoms with Gasteiger partial charge in [0.15, 0.2) is 6.61 Å². The lowest BCUT2D eigenvalue weighted by Gasteiger charge is -2.13. The van der Waals surface area contributed by atoms with Gasteiger partial charge < -0.3 is 15.0 Å². The number of hydrogen-bond donors (Lipinski definition) is 2. The van der Waals surface area contributed by atoms with Crippen molar-refractivity contribution in [3.63, 3.8) is 0 Å². The molecule has 0 spiro atoms. The maximum Gasteiger partial charge on any atom is 0.321 e. The van der Waals surface area contributed by atoms with Crippen LogP contribution >= 0.6 is 0 Å². The van der Waals surface area contributed by atoms with E-state index < -0.39 is 55.5 Å². The standard InChI is InChI=1S/C18H19N5O9S/c1-21(2)15-7-6-14(9-16(15)23(28)29)33(30,31)19-10-18(25)32-11-17(24)20-12-4-3-5-13(8-12)22(26)27/h3-9,19H,10-11H2,1-2H3,(H,20,24). The van der Waals surface area contributed by atoms with Gasteiger partial charge in [-0.2, -0.15) is 4.72 Å². The lowest BCUT2D eigenvalue weighted by Crippen LogP contribution is -2.32. The highest BCUT2D eigenvalue weighted by molar-refractivity contribution is 7.89. The molecule has 176 valence electrons. The molecule has 2 rings (SSSR count). The van der Waals surface area contributed by atoms with Crippen LogP contribution in [0.25, 0.3) is 0 Å². The third kappa shape index (κ3) is 6.94. The van der Waals surface area contributed by atoms with Crippen LogP contribution in [0, 0.1) is 20.2 Å². The number of carbonyl (C=O) groups is 2. The molecule has 0 saturated heterocycles. The molecule has 0 radical (unpaired) electrons. The maximum atomic E-state index is 12.4. The maximum absolute atomic E-state index is 12.4. The van der Waals surface area contributed by atoms with Crippen molar-refractivity contribution in [2.45, 2.75) is 4.90 Å². The normalized spacial score (nSPS) is 10.8. The first-order chi connectivity index (χ1) is 15.4. The molecule has 0 unspecified atom stereocenters. The van der Waals surface area contributed by atoms with Crippen LogP contribution in [0.15, 0.2) is 47.4 Å². The predicted molar refractivity (Wildman–Crippen MR) is 115 cm³/mol. The number of amides is 1. The summed E-state index contributed by atoms with van der Waals surface area (Å²) in [4.78, 5) is 45.2. The number of hydrogen-bond acceptors (Lipinski definition) is 10. The van der Waals surface area contributed by atoms with Gasteiger partial charge in [0.25, 0.3) is 17.3 Å². The van der Waals surface area contributed by atoms with E-state index in [2.05, 4.69) is 10.1 Å². The molecule has 0 fully saturated rings. The number of rotatable bonds is 10. The van der Waals surface area contributed by atoms with Crippen LogP contribution in [0.3, 0.4) is 0 Å². The van der Waals surface area contributed by atoms with Crippen LogP contribution < -0.4 is 14.9 Å². The van der Waals surface area contributed by atoms with Gasteiger partial charge in [0.2, 0.25) is 10.0 Å². The molecule has 0 atom stereocenters. The molecule has 14 nitrogen and oxygen atoms in total. The number of nitro benzene ring substituents is 2. The smallest absolute Gasteiger partial charge is 0.321 e. The Morgan fingerprint density at radius 2 is 1.76 bits per heavy atom. The molecule has 0 aromatic heterocycles. The molecule has 0 bridgehead atoms. The van der Waals surface area contributed by atoms with Crippen molar-refractivity contribution in [2.75, 3.05) is 37.5 Å². The summed E-state index contributed by atoms with van der Waals surface area (Å²) < 4.78 is 31.3. The highest BCUT2D eigenvalue weighted by atomic mass is 32.2. The minimum absolute atomic E-state index is 0.105. The molecule has 33 heavy (non-hydrogen) atoms. The Kier molecular flexibility index (Phi) is 7.98. The van der Waals surface area contributed by atoms with Crippen molar-refractivity contribution in [3.05, 3.63) is 62.7 Å². The SMILES string of the molecule is CN(C)c1ccc(S(=O)(=O)NCC(=O)OCC(=O)Nc2cccc([N+](=O)[O-])c2)cc1[N+](=O)[O-]. The van der Waals surface area contributed by atoms with E-state index in [0.29, 0.717) is 0 Å². The molecule has 2 aromatic carbocycles. The molecule has 0 aliphatic heterocycles. The number of ether oxygens (including phenoxy) is 1. The van der Waals surface area contributed by atoms with Crippen LogP contribution in [0.5, 0.6) is 0 Å². The monoisotopic (exact) mass is 481 g/mol. The minimum Gasteiger partial charge on any atom is -0.455 e. The second-order valence-corrected chi connectivity index (χ2v) is 8.41. The zero-order valence-corrected chi connectivity index (χ0v) is 18.2. The number of anilines is 2. The number of esters is 1. The predicted octanol–water partition coefficient (Wildman–Crippen LogP) is 1.03. The number of non-ortho nitro benzene ring substituents is 1. The summed E-state index contributed by atoms with van der Waals surface area (Å²) in [6.45, 7) is -1.61. The Hall–Kier alpha value is -4.11. The average Bonchev–Trinajstić information content (AvgIpc) is 2.76. The molecule has 0 heterocycles. The Labute approximate surface area is 187 Å². The number of nitrogens with zero attached hydrogens (tertiary/aromatic N) is 3. The van der Waals surface area contributed by atoms with Gasteiger partial charge in [-0.15, -0.1) is 0 Å². The van der Waals surface area contributed by atoms with Crippen LogP contribution in [0.4, 0.5) is 22.7 Å². The van der Waals surface area contributed by atoms with E-state index in [1.165, 1.54) is 29.2 Å². The lowest BCUT2D eigenvalue weighted by atomic mass is 10.2. The van der Waals surface area contributed by atoms with Gasteiger partial charge in [-0.1, -0.05) is 6.07 Å². The fraction of sp³-hybridized carbons (Fsp3) is 0.222. The fourth-order valence-electron chi connectivity index (χ4n) is 2.52. The number of nitro groups is 2. The van der Waals surface area contributed by atoms with E-state index in [0.717, 1.165) is 18.2 Å². The Balaban J connectivity index is 1.94. The summed E-state index contributed by atoms with van der Waals surface area (Å²) >= 11 is 0. The van der Waals surface area contributed by atoms with E-state index in [1.807, 2.05) is 4.72 Å². The highest BCUT2D eigenvalue weighted by Gasteiger charge is 2.23. The Morgan fingerprint density at radius 3 is 2.36 bits per heavy atom. The number of sulfonamides is 1. The van der Waals surface area contributed by atoms with Gasteiger partial charge in [0, 0.05) is 38.0 Å². The molecule has 0 aliphatic carbocycles. The van der Waals surface area contributed by atoms with E-state index in [9.17, 15) is 38.2 Å². The van der Waals surface area contributed by atoms with E-state index >= 15 is 0 Å². The van der Waals surface area contributed by atoms with Crippen molar-refractivity contribution in [3.8, 4) is 0 Å². The first-order valence-electron chi connectivity index (χ1n) is 9.06. The molecular weight excluding hydrogens is 462 g/mol. The molecule has 0 aliphatic rings. The third-order valence-electron chi connectivity index (χ3n) is 4.05. The summed E-state index contributed by atoms with van der Waals surface area (Å²) in [6, 6.07) is 8.33. The van der Waals surface area contributed by atoms with E-state index in [4.69, 9.17) is 0 Å². The molecule has 1 amide bonds. The zero-order valence-electron chi connectivity index (χ0n) is 17.4. The quantitative estimate of drug-likeness (QED) is 0.281. The van der Waals surface area contributed by atoms with Crippen molar-refractivity contribution in [2.24, 2.45) is 0 Å². The largest absolute Gasteiger partial charge is 0.455 e. The zero-order chi connectivity index (χ0) is 24.8.